The Kier molecular flexibility index (Phi) is 4.58. The van der Waals surface area contributed by atoms with Gasteiger partial charge in [0.1, 0.15) is 5.56 Å². The molecular weight excluding hydrogens is 376 g/mol. The lowest BCUT2D eigenvalue weighted by Gasteiger charge is -2.31. The van der Waals surface area contributed by atoms with Crippen LogP contribution in [0.25, 0.3) is 16.8 Å². The van der Waals surface area contributed by atoms with Crippen molar-refractivity contribution in [3.05, 3.63) is 71.4 Å². The van der Waals surface area contributed by atoms with Crippen LogP contribution in [0.15, 0.2) is 48.8 Å². The fraction of sp³-hybridized carbons (Fsp3) is 0.304. The van der Waals surface area contributed by atoms with Gasteiger partial charge in [0.25, 0.3) is 5.91 Å². The van der Waals surface area contributed by atoms with Crippen molar-refractivity contribution in [2.24, 2.45) is 0 Å². The number of aromatic nitrogens is 5. The average molecular weight is 400 g/mol. The fourth-order valence-corrected chi connectivity index (χ4v) is 4.42. The molecule has 5 rings (SSSR count). The van der Waals surface area contributed by atoms with Gasteiger partial charge < -0.3 is 4.90 Å². The minimum absolute atomic E-state index is 0.00819. The summed E-state index contributed by atoms with van der Waals surface area (Å²) in [5.74, 6) is 0.368. The Labute approximate surface area is 174 Å². The maximum atomic E-state index is 13.2. The molecule has 1 aliphatic heterocycles. The van der Waals surface area contributed by atoms with Crippen LogP contribution >= 0.6 is 0 Å². The molecule has 1 amide bonds. The van der Waals surface area contributed by atoms with Gasteiger partial charge in [-0.3, -0.25) is 9.89 Å². The number of nitrogens with one attached hydrogen (secondary N) is 1. The number of hydrogen-bond acceptors (Lipinski definition) is 4. The minimum atomic E-state index is 0.00819. The van der Waals surface area contributed by atoms with E-state index in [0.29, 0.717) is 30.2 Å². The van der Waals surface area contributed by atoms with Crippen LogP contribution in [-0.4, -0.2) is 48.7 Å². The molecule has 0 bridgehead atoms. The van der Waals surface area contributed by atoms with E-state index in [1.54, 1.807) is 10.7 Å². The van der Waals surface area contributed by atoms with Gasteiger partial charge in [-0.2, -0.15) is 10.2 Å². The molecule has 30 heavy (non-hydrogen) atoms. The monoisotopic (exact) mass is 400 g/mol. The van der Waals surface area contributed by atoms with Gasteiger partial charge in [0.05, 0.1) is 12.4 Å². The Balaban J connectivity index is 1.34. The quantitative estimate of drug-likeness (QED) is 0.568. The first-order chi connectivity index (χ1) is 14.6. The zero-order valence-electron chi connectivity index (χ0n) is 17.2. The molecule has 1 aliphatic rings. The molecule has 7 nitrogen and oxygen atoms in total. The molecule has 0 unspecified atom stereocenters. The molecule has 1 fully saturated rings. The van der Waals surface area contributed by atoms with E-state index in [1.165, 1.54) is 5.56 Å². The number of fused-ring (bicyclic) bond motifs is 1. The van der Waals surface area contributed by atoms with Gasteiger partial charge in [-0.1, -0.05) is 30.3 Å². The van der Waals surface area contributed by atoms with E-state index in [9.17, 15) is 4.79 Å². The molecule has 152 valence electrons. The SMILES string of the molecule is Cc1cc(C)n2ncc(C(=O)N3CCC(c4[nH]ncc4-c4ccccc4)CC3)c2n1. The Morgan fingerprint density at radius 3 is 2.63 bits per heavy atom. The number of aryl methyl sites for hydroxylation is 2. The van der Waals surface area contributed by atoms with E-state index < -0.39 is 0 Å². The number of aromatic amines is 1. The normalized spacial score (nSPS) is 15.1. The van der Waals surface area contributed by atoms with E-state index in [0.717, 1.165) is 35.5 Å². The first kappa shape index (κ1) is 18.5. The molecule has 7 heteroatoms. The third kappa shape index (κ3) is 3.16. The standard InChI is InChI=1S/C23H24N6O/c1-15-12-16(2)29-22(26-15)20(14-25-29)23(30)28-10-8-18(9-11-28)21-19(13-24-27-21)17-6-4-3-5-7-17/h3-7,12-14,18H,8-11H2,1-2H3,(H,24,27). The second kappa shape index (κ2) is 7.40. The highest BCUT2D eigenvalue weighted by molar-refractivity contribution is 5.99. The Hall–Kier alpha value is -3.48. The van der Waals surface area contributed by atoms with Crippen molar-refractivity contribution in [3.8, 4) is 11.1 Å². The van der Waals surface area contributed by atoms with Crippen molar-refractivity contribution in [3.63, 3.8) is 0 Å². The largest absolute Gasteiger partial charge is 0.338 e. The van der Waals surface area contributed by atoms with Crippen LogP contribution in [0.4, 0.5) is 0 Å². The van der Waals surface area contributed by atoms with Crippen LogP contribution < -0.4 is 0 Å². The number of carbonyl (C=O) groups excluding carboxylic acids is 1. The highest BCUT2D eigenvalue weighted by Crippen LogP contribution is 2.34. The summed E-state index contributed by atoms with van der Waals surface area (Å²) in [6.07, 6.45) is 5.35. The molecule has 4 aromatic rings. The molecule has 1 aromatic carbocycles. The summed E-state index contributed by atoms with van der Waals surface area (Å²) in [6.45, 7) is 5.33. The molecule has 0 saturated carbocycles. The lowest BCUT2D eigenvalue weighted by molar-refractivity contribution is 0.0714. The number of likely N-dealkylation sites (tertiary alicyclic amines) is 1. The lowest BCUT2D eigenvalue weighted by Crippen LogP contribution is -2.38. The maximum Gasteiger partial charge on any atom is 0.259 e. The third-order valence-electron chi connectivity index (χ3n) is 5.95. The van der Waals surface area contributed by atoms with Gasteiger partial charge in [-0.05, 0) is 38.3 Å². The van der Waals surface area contributed by atoms with Gasteiger partial charge in [0.2, 0.25) is 0 Å². The summed E-state index contributed by atoms with van der Waals surface area (Å²) in [6, 6.07) is 12.3. The number of rotatable bonds is 3. The smallest absolute Gasteiger partial charge is 0.259 e. The Morgan fingerprint density at radius 1 is 1.10 bits per heavy atom. The van der Waals surface area contributed by atoms with Gasteiger partial charge >= 0.3 is 0 Å². The Morgan fingerprint density at radius 2 is 1.87 bits per heavy atom. The first-order valence-electron chi connectivity index (χ1n) is 10.3. The molecule has 1 N–H and O–H groups in total. The van der Waals surface area contributed by atoms with Crippen LogP contribution in [0, 0.1) is 13.8 Å². The summed E-state index contributed by atoms with van der Waals surface area (Å²) in [7, 11) is 0. The highest BCUT2D eigenvalue weighted by Gasteiger charge is 2.29. The second-order valence-electron chi connectivity index (χ2n) is 7.96. The molecule has 0 aliphatic carbocycles. The van der Waals surface area contributed by atoms with Gasteiger partial charge in [-0.15, -0.1) is 0 Å². The molecule has 1 saturated heterocycles. The van der Waals surface area contributed by atoms with E-state index in [1.807, 2.05) is 49.2 Å². The predicted octanol–water partition coefficient (Wildman–Crippen LogP) is 3.76. The van der Waals surface area contributed by atoms with E-state index in [4.69, 9.17) is 0 Å². The van der Waals surface area contributed by atoms with Gasteiger partial charge in [-0.25, -0.2) is 9.50 Å². The molecule has 4 heterocycles. The zero-order valence-corrected chi connectivity index (χ0v) is 17.2. The number of benzene rings is 1. The van der Waals surface area contributed by atoms with Crippen molar-refractivity contribution in [2.75, 3.05) is 13.1 Å². The van der Waals surface area contributed by atoms with Crippen molar-refractivity contribution in [1.82, 2.24) is 29.7 Å². The summed E-state index contributed by atoms with van der Waals surface area (Å²) >= 11 is 0. The number of amides is 1. The van der Waals surface area contributed by atoms with Crippen LogP contribution in [0.3, 0.4) is 0 Å². The maximum absolute atomic E-state index is 13.2. The summed E-state index contributed by atoms with van der Waals surface area (Å²) in [5.41, 5.74) is 6.56. The van der Waals surface area contributed by atoms with Gasteiger partial charge in [0, 0.05) is 41.7 Å². The molecule has 3 aromatic heterocycles. The van der Waals surface area contributed by atoms with Crippen LogP contribution in [0.1, 0.15) is 46.2 Å². The lowest BCUT2D eigenvalue weighted by atomic mass is 9.89. The van der Waals surface area contributed by atoms with Crippen LogP contribution in [-0.2, 0) is 0 Å². The van der Waals surface area contributed by atoms with Crippen LogP contribution in [0.2, 0.25) is 0 Å². The molecule has 0 radical (unpaired) electrons. The molecule has 0 atom stereocenters. The van der Waals surface area contributed by atoms with Crippen molar-refractivity contribution in [2.45, 2.75) is 32.6 Å². The summed E-state index contributed by atoms with van der Waals surface area (Å²) in [4.78, 5) is 19.7. The Bertz CT molecular complexity index is 1200. The number of piperidine rings is 1. The van der Waals surface area contributed by atoms with Crippen LogP contribution in [0.5, 0.6) is 0 Å². The fourth-order valence-electron chi connectivity index (χ4n) is 4.42. The minimum Gasteiger partial charge on any atom is -0.338 e. The first-order valence-corrected chi connectivity index (χ1v) is 10.3. The van der Waals surface area contributed by atoms with E-state index >= 15 is 0 Å². The number of carbonyl (C=O) groups is 1. The average Bonchev–Trinajstić information content (AvgIpc) is 3.41. The number of hydrogen-bond donors (Lipinski definition) is 1. The predicted molar refractivity (Wildman–Crippen MR) is 114 cm³/mol. The van der Waals surface area contributed by atoms with Crippen molar-refractivity contribution >= 4 is 11.6 Å². The second-order valence-corrected chi connectivity index (χ2v) is 7.96. The van der Waals surface area contributed by atoms with E-state index in [-0.39, 0.29) is 5.91 Å². The van der Waals surface area contributed by atoms with Gasteiger partial charge in [0.15, 0.2) is 5.65 Å². The summed E-state index contributed by atoms with van der Waals surface area (Å²) in [5, 5.41) is 11.9. The van der Waals surface area contributed by atoms with Crippen molar-refractivity contribution in [1.29, 1.82) is 0 Å². The summed E-state index contributed by atoms with van der Waals surface area (Å²) < 4.78 is 1.74. The van der Waals surface area contributed by atoms with Crippen molar-refractivity contribution < 1.29 is 4.79 Å². The zero-order chi connectivity index (χ0) is 20.7. The molecule has 0 spiro atoms. The third-order valence-corrected chi connectivity index (χ3v) is 5.95. The molecular formula is C23H24N6O. The van der Waals surface area contributed by atoms with E-state index in [2.05, 4.69) is 32.4 Å². The number of nitrogens with zero attached hydrogens (tertiary/aromatic N) is 5. The number of H-pyrrole nitrogens is 1. The highest BCUT2D eigenvalue weighted by atomic mass is 16.2. The topological polar surface area (TPSA) is 79.2 Å².